The quantitative estimate of drug-likeness (QED) is 0.417. The van der Waals surface area contributed by atoms with Crippen LogP contribution in [0, 0.1) is 0 Å². The molecular formula is C22H22N2S2+2. The third-order valence-electron chi connectivity index (χ3n) is 4.59. The first-order chi connectivity index (χ1) is 12.9. The van der Waals surface area contributed by atoms with Gasteiger partial charge in [0.2, 0.25) is 0 Å². The van der Waals surface area contributed by atoms with Crippen molar-refractivity contribution in [3.8, 4) is 11.1 Å². The molecule has 0 N–H and O–H groups in total. The van der Waals surface area contributed by atoms with Gasteiger partial charge in [-0.2, -0.15) is 22.7 Å². The number of hydrogen-bond donors (Lipinski definition) is 0. The van der Waals surface area contributed by atoms with Gasteiger partial charge in [0.25, 0.3) is 0 Å². The van der Waals surface area contributed by atoms with Crippen molar-refractivity contribution in [2.24, 2.45) is 0 Å². The fourth-order valence-corrected chi connectivity index (χ4v) is 4.39. The molecule has 0 aliphatic rings. The number of pyridine rings is 2. The van der Waals surface area contributed by atoms with E-state index in [9.17, 15) is 0 Å². The average Bonchev–Trinajstić information content (AvgIpc) is 3.40. The molecule has 0 aromatic carbocycles. The van der Waals surface area contributed by atoms with Gasteiger partial charge in [0, 0.05) is 37.1 Å². The molecule has 2 nitrogen and oxygen atoms in total. The zero-order valence-electron chi connectivity index (χ0n) is 14.6. The van der Waals surface area contributed by atoms with E-state index in [0.29, 0.717) is 0 Å². The molecular weight excluding hydrogens is 356 g/mol. The predicted octanol–water partition coefficient (Wildman–Crippen LogP) is 4.54. The molecule has 4 aromatic rings. The molecule has 0 amide bonds. The highest BCUT2D eigenvalue weighted by Gasteiger charge is 2.07. The van der Waals surface area contributed by atoms with Crippen LogP contribution in [0.4, 0.5) is 0 Å². The molecule has 4 aromatic heterocycles. The van der Waals surface area contributed by atoms with Gasteiger partial charge >= 0.3 is 0 Å². The van der Waals surface area contributed by atoms with E-state index in [4.69, 9.17) is 0 Å². The number of aromatic nitrogens is 2. The number of thiophene rings is 2. The SMILES string of the molecule is c1cc(CC[n+]2ccc(-c3cc[n+](CCc4ccsc4)cc3)cc2)cs1. The van der Waals surface area contributed by atoms with Crippen molar-refractivity contribution in [2.75, 3.05) is 0 Å². The van der Waals surface area contributed by atoms with Crippen LogP contribution in [-0.4, -0.2) is 0 Å². The van der Waals surface area contributed by atoms with Crippen molar-refractivity contribution >= 4 is 22.7 Å². The first-order valence-electron chi connectivity index (χ1n) is 8.87. The van der Waals surface area contributed by atoms with Crippen molar-refractivity contribution < 1.29 is 9.13 Å². The number of hydrogen-bond acceptors (Lipinski definition) is 2. The Kier molecular flexibility index (Phi) is 5.53. The molecule has 0 aliphatic carbocycles. The van der Waals surface area contributed by atoms with E-state index in [1.807, 2.05) is 0 Å². The summed E-state index contributed by atoms with van der Waals surface area (Å²) in [5.41, 5.74) is 5.37. The summed E-state index contributed by atoms with van der Waals surface area (Å²) in [6.45, 7) is 2.04. The molecule has 4 heteroatoms. The van der Waals surface area contributed by atoms with Crippen LogP contribution < -0.4 is 9.13 Å². The van der Waals surface area contributed by atoms with Gasteiger partial charge in [0.15, 0.2) is 37.9 Å². The Bertz CT molecular complexity index is 830. The fraction of sp³-hybridized carbons (Fsp3) is 0.182. The molecule has 0 atom stereocenters. The second kappa shape index (κ2) is 8.39. The van der Waals surface area contributed by atoms with Crippen LogP contribution in [0.5, 0.6) is 0 Å². The summed E-state index contributed by atoms with van der Waals surface area (Å²) < 4.78 is 4.51. The zero-order chi connectivity index (χ0) is 17.6. The molecule has 4 heterocycles. The van der Waals surface area contributed by atoms with Crippen LogP contribution in [-0.2, 0) is 25.9 Å². The van der Waals surface area contributed by atoms with Crippen LogP contribution in [0.15, 0.2) is 82.7 Å². The summed E-state index contributed by atoms with van der Waals surface area (Å²) in [6, 6.07) is 13.2. The summed E-state index contributed by atoms with van der Waals surface area (Å²) in [5, 5.41) is 8.75. The topological polar surface area (TPSA) is 7.76 Å². The third-order valence-corrected chi connectivity index (χ3v) is 6.06. The Morgan fingerprint density at radius 3 is 1.35 bits per heavy atom. The lowest BCUT2D eigenvalue weighted by Gasteiger charge is -2.02. The zero-order valence-corrected chi connectivity index (χ0v) is 16.3. The maximum Gasteiger partial charge on any atom is 0.169 e. The lowest BCUT2D eigenvalue weighted by Crippen LogP contribution is -2.34. The van der Waals surface area contributed by atoms with Gasteiger partial charge < -0.3 is 0 Å². The van der Waals surface area contributed by atoms with E-state index in [1.54, 1.807) is 22.7 Å². The van der Waals surface area contributed by atoms with E-state index in [1.165, 1.54) is 22.3 Å². The van der Waals surface area contributed by atoms with Crippen LogP contribution in [0.3, 0.4) is 0 Å². The van der Waals surface area contributed by atoms with Crippen LogP contribution in [0.1, 0.15) is 11.1 Å². The van der Waals surface area contributed by atoms with Crippen molar-refractivity contribution in [1.82, 2.24) is 0 Å². The highest BCUT2D eigenvalue weighted by atomic mass is 32.1. The standard InChI is InChI=1S/C22H22N2S2/c1(19-7-15-25-17-19)9-23-11-3-21(4-12-23)22-5-13-24(14-6-22)10-2-20-8-16-26-18-20/h3-8,11-18H,1-2,9-10H2/q+2. The molecule has 0 saturated carbocycles. The summed E-state index contributed by atoms with van der Waals surface area (Å²) in [5.74, 6) is 0. The average molecular weight is 379 g/mol. The minimum atomic E-state index is 1.02. The monoisotopic (exact) mass is 378 g/mol. The minimum Gasteiger partial charge on any atom is -0.205 e. The van der Waals surface area contributed by atoms with Gasteiger partial charge in [0.05, 0.1) is 0 Å². The molecule has 0 saturated heterocycles. The molecule has 0 unspecified atom stereocenters. The van der Waals surface area contributed by atoms with Gasteiger partial charge in [-0.3, -0.25) is 0 Å². The fourth-order valence-electron chi connectivity index (χ4n) is 2.98. The van der Waals surface area contributed by atoms with Gasteiger partial charge in [0.1, 0.15) is 0 Å². The summed E-state index contributed by atoms with van der Waals surface area (Å²) in [6.07, 6.45) is 10.9. The highest BCUT2D eigenvalue weighted by molar-refractivity contribution is 7.08. The molecule has 0 aliphatic heterocycles. The summed E-state index contributed by atoms with van der Waals surface area (Å²) >= 11 is 3.53. The van der Waals surface area contributed by atoms with E-state index < -0.39 is 0 Å². The lowest BCUT2D eigenvalue weighted by molar-refractivity contribution is -0.696. The lowest BCUT2D eigenvalue weighted by atomic mass is 10.1. The van der Waals surface area contributed by atoms with Crippen molar-refractivity contribution in [3.05, 3.63) is 93.8 Å². The minimum absolute atomic E-state index is 1.02. The Labute approximate surface area is 162 Å². The second-order valence-corrected chi connectivity index (χ2v) is 7.97. The van der Waals surface area contributed by atoms with Gasteiger partial charge in [-0.15, -0.1) is 0 Å². The largest absolute Gasteiger partial charge is 0.205 e. The molecule has 0 fully saturated rings. The Morgan fingerprint density at radius 1 is 0.577 bits per heavy atom. The molecule has 130 valence electrons. The van der Waals surface area contributed by atoms with E-state index in [0.717, 1.165) is 25.9 Å². The van der Waals surface area contributed by atoms with Crippen LogP contribution >= 0.6 is 22.7 Å². The van der Waals surface area contributed by atoms with E-state index in [-0.39, 0.29) is 0 Å². The van der Waals surface area contributed by atoms with Gasteiger partial charge in [-0.1, -0.05) is 0 Å². The summed E-state index contributed by atoms with van der Waals surface area (Å²) in [7, 11) is 0. The summed E-state index contributed by atoms with van der Waals surface area (Å²) in [4.78, 5) is 0. The number of rotatable bonds is 7. The maximum atomic E-state index is 2.26. The maximum absolute atomic E-state index is 2.26. The highest BCUT2D eigenvalue weighted by Crippen LogP contribution is 2.16. The van der Waals surface area contributed by atoms with Crippen LogP contribution in [0.2, 0.25) is 0 Å². The van der Waals surface area contributed by atoms with E-state index in [2.05, 4.69) is 91.8 Å². The molecule has 26 heavy (non-hydrogen) atoms. The van der Waals surface area contributed by atoms with Gasteiger partial charge in [-0.05, 0) is 55.9 Å². The molecule has 0 spiro atoms. The molecule has 4 rings (SSSR count). The first kappa shape index (κ1) is 17.1. The van der Waals surface area contributed by atoms with Crippen molar-refractivity contribution in [1.29, 1.82) is 0 Å². The smallest absolute Gasteiger partial charge is 0.169 e. The van der Waals surface area contributed by atoms with Crippen LogP contribution in [0.25, 0.3) is 11.1 Å². The second-order valence-electron chi connectivity index (χ2n) is 6.41. The number of nitrogens with zero attached hydrogens (tertiary/aromatic N) is 2. The third kappa shape index (κ3) is 4.45. The van der Waals surface area contributed by atoms with E-state index >= 15 is 0 Å². The Balaban J connectivity index is 1.36. The van der Waals surface area contributed by atoms with Crippen molar-refractivity contribution in [2.45, 2.75) is 25.9 Å². The normalized spacial score (nSPS) is 10.9. The molecule has 0 radical (unpaired) electrons. The van der Waals surface area contributed by atoms with Gasteiger partial charge in [-0.25, -0.2) is 9.13 Å². The predicted molar refractivity (Wildman–Crippen MR) is 108 cm³/mol. The van der Waals surface area contributed by atoms with Crippen molar-refractivity contribution in [3.63, 3.8) is 0 Å². The molecule has 0 bridgehead atoms. The Hall–Kier alpha value is -2.30. The number of aryl methyl sites for hydroxylation is 4. The first-order valence-corrected chi connectivity index (χ1v) is 10.8. The Morgan fingerprint density at radius 2 is 1.00 bits per heavy atom.